The van der Waals surface area contributed by atoms with Crippen molar-refractivity contribution >= 4 is 27.4 Å². The highest BCUT2D eigenvalue weighted by Gasteiger charge is 2.32. The molecule has 3 aromatic rings. The highest BCUT2D eigenvalue weighted by Crippen LogP contribution is 2.34. The number of aromatic nitrogens is 3. The van der Waals surface area contributed by atoms with Crippen LogP contribution >= 0.6 is 11.3 Å². The summed E-state index contributed by atoms with van der Waals surface area (Å²) >= 11 is 0.582. The van der Waals surface area contributed by atoms with E-state index >= 15 is 0 Å². The first-order chi connectivity index (χ1) is 15.4. The summed E-state index contributed by atoms with van der Waals surface area (Å²) in [7, 11) is -3.62. The van der Waals surface area contributed by atoms with Crippen LogP contribution in [0.4, 0.5) is 19.1 Å². The molecule has 13 heteroatoms. The molecule has 1 aliphatic rings. The first kappa shape index (κ1) is 23.2. The molecule has 0 unspecified atom stereocenters. The molecular formula is C20H19F3N4O4S2. The second-order valence-electron chi connectivity index (χ2n) is 7.59. The van der Waals surface area contributed by atoms with Gasteiger partial charge in [0.15, 0.2) is 0 Å². The number of alkyl halides is 3. The minimum absolute atomic E-state index is 0.0440. The van der Waals surface area contributed by atoms with Crippen molar-refractivity contribution in [3.05, 3.63) is 67.5 Å². The van der Waals surface area contributed by atoms with Gasteiger partial charge in [0.2, 0.25) is 5.95 Å². The zero-order valence-electron chi connectivity index (χ0n) is 17.6. The van der Waals surface area contributed by atoms with E-state index in [1.807, 2.05) is 4.90 Å². The van der Waals surface area contributed by atoms with Crippen molar-refractivity contribution in [3.63, 3.8) is 0 Å². The predicted molar refractivity (Wildman–Crippen MR) is 116 cm³/mol. The second-order valence-corrected chi connectivity index (χ2v) is 10.3. The Labute approximate surface area is 191 Å². The number of hydrogen-bond donors (Lipinski definition) is 0. The normalized spacial score (nSPS) is 14.3. The van der Waals surface area contributed by atoms with Gasteiger partial charge in [-0.25, -0.2) is 4.79 Å². The molecule has 176 valence electrons. The van der Waals surface area contributed by atoms with Crippen LogP contribution in [-0.2, 0) is 35.8 Å². The van der Waals surface area contributed by atoms with Crippen molar-refractivity contribution in [1.82, 2.24) is 14.5 Å². The van der Waals surface area contributed by atoms with Crippen molar-refractivity contribution < 1.29 is 25.8 Å². The van der Waals surface area contributed by atoms with Gasteiger partial charge < -0.3 is 9.08 Å². The van der Waals surface area contributed by atoms with Gasteiger partial charge in [-0.15, -0.1) is 11.3 Å². The Hall–Kier alpha value is -2.93. The van der Waals surface area contributed by atoms with E-state index < -0.39 is 26.9 Å². The molecule has 0 saturated carbocycles. The maximum absolute atomic E-state index is 12.8. The van der Waals surface area contributed by atoms with E-state index in [1.54, 1.807) is 25.1 Å². The molecule has 0 atom stereocenters. The monoisotopic (exact) mass is 500 g/mol. The molecule has 4 rings (SSSR count). The smallest absolute Gasteiger partial charge is 0.383 e. The van der Waals surface area contributed by atoms with Crippen LogP contribution in [0.5, 0.6) is 5.75 Å². The summed E-state index contributed by atoms with van der Waals surface area (Å²) in [6.45, 7) is 2.48. The molecule has 0 bridgehead atoms. The first-order valence-corrected chi connectivity index (χ1v) is 12.4. The highest BCUT2D eigenvalue weighted by atomic mass is 32.2. The molecule has 0 fully saturated rings. The van der Waals surface area contributed by atoms with E-state index in [0.717, 1.165) is 23.4 Å². The molecule has 0 radical (unpaired) electrons. The second kappa shape index (κ2) is 8.45. The number of fused-ring (bicyclic) bond motifs is 1. The van der Waals surface area contributed by atoms with Crippen molar-refractivity contribution in [1.29, 1.82) is 0 Å². The van der Waals surface area contributed by atoms with E-state index in [0.29, 0.717) is 41.5 Å². The Bertz CT molecular complexity index is 1370. The fourth-order valence-corrected chi connectivity index (χ4v) is 4.85. The average molecular weight is 501 g/mol. The molecule has 0 amide bonds. The number of halogens is 3. The maximum atomic E-state index is 12.8. The lowest BCUT2D eigenvalue weighted by molar-refractivity contribution is -0.134. The lowest BCUT2D eigenvalue weighted by Crippen LogP contribution is -2.36. The van der Waals surface area contributed by atoms with E-state index in [9.17, 15) is 26.4 Å². The highest BCUT2D eigenvalue weighted by molar-refractivity contribution is 7.86. The quantitative estimate of drug-likeness (QED) is 0.497. The molecule has 0 saturated heterocycles. The molecule has 3 heterocycles. The Kier molecular flexibility index (Phi) is 5.95. The minimum atomic E-state index is -4.43. The fourth-order valence-electron chi connectivity index (χ4n) is 3.54. The van der Waals surface area contributed by atoms with Gasteiger partial charge in [-0.1, -0.05) is 6.07 Å². The Balaban J connectivity index is 1.53. The lowest BCUT2D eigenvalue weighted by atomic mass is 10.00. The molecule has 2 aromatic heterocycles. The van der Waals surface area contributed by atoms with Crippen molar-refractivity contribution in [2.24, 2.45) is 0 Å². The summed E-state index contributed by atoms with van der Waals surface area (Å²) in [5, 5.41) is 0. The van der Waals surface area contributed by atoms with Crippen molar-refractivity contribution in [2.75, 3.05) is 17.7 Å². The van der Waals surface area contributed by atoms with Crippen molar-refractivity contribution in [3.8, 4) is 5.75 Å². The third-order valence-electron chi connectivity index (χ3n) is 5.05. The van der Waals surface area contributed by atoms with E-state index in [-0.39, 0.29) is 18.2 Å². The van der Waals surface area contributed by atoms with Crippen LogP contribution in [0, 0.1) is 6.92 Å². The topological polar surface area (TPSA) is 94.4 Å². The van der Waals surface area contributed by atoms with E-state index in [1.165, 1.54) is 10.6 Å². The molecular weight excluding hydrogens is 481 g/mol. The molecule has 8 nitrogen and oxygen atoms in total. The largest absolute Gasteiger partial charge is 0.425 e. The van der Waals surface area contributed by atoms with Gasteiger partial charge in [-0.05, 0) is 48.7 Å². The summed E-state index contributed by atoms with van der Waals surface area (Å²) in [4.78, 5) is 22.6. The predicted octanol–water partition coefficient (Wildman–Crippen LogP) is 2.98. The molecule has 1 aliphatic heterocycles. The molecule has 1 aromatic carbocycles. The standard InChI is InChI=1S/C20H19F3N4O4S2/c1-12-24-18(25-19(28)27(12)11-16-5-6-17(32-16)20(21,22)23)26-8-7-13-9-15(31-33(2,29)30)4-3-14(13)10-26/h3-6,9H,7-8,10-11H2,1-2H3. The van der Waals surface area contributed by atoms with Crippen LogP contribution in [0.1, 0.15) is 26.7 Å². The number of hydrogen-bond acceptors (Lipinski definition) is 8. The zero-order valence-corrected chi connectivity index (χ0v) is 19.2. The molecule has 0 N–H and O–H groups in total. The first-order valence-electron chi connectivity index (χ1n) is 9.77. The Morgan fingerprint density at radius 3 is 2.55 bits per heavy atom. The number of nitrogens with zero attached hydrogens (tertiary/aromatic N) is 4. The van der Waals surface area contributed by atoms with Gasteiger partial charge in [0.05, 0.1) is 12.8 Å². The van der Waals surface area contributed by atoms with Gasteiger partial charge in [0.25, 0.3) is 0 Å². The zero-order chi connectivity index (χ0) is 24.0. The molecule has 0 spiro atoms. The fraction of sp³-hybridized carbons (Fsp3) is 0.350. The van der Waals surface area contributed by atoms with Crippen molar-refractivity contribution in [2.45, 2.75) is 32.6 Å². The lowest BCUT2D eigenvalue weighted by Gasteiger charge is -2.29. The van der Waals surface area contributed by atoms with Gasteiger partial charge >= 0.3 is 22.0 Å². The SMILES string of the molecule is Cc1nc(N2CCc3cc(OS(C)(=O)=O)ccc3C2)nc(=O)n1Cc1ccc(C(F)(F)F)s1. The number of rotatable bonds is 5. The number of aryl methyl sites for hydroxylation is 1. The van der Waals surface area contributed by atoms with Gasteiger partial charge in [-0.2, -0.15) is 31.6 Å². The third kappa shape index (κ3) is 5.36. The Morgan fingerprint density at radius 1 is 1.15 bits per heavy atom. The summed E-state index contributed by atoms with van der Waals surface area (Å²) < 4.78 is 67.3. The van der Waals surface area contributed by atoms with E-state index in [2.05, 4.69) is 9.97 Å². The van der Waals surface area contributed by atoms with Crippen LogP contribution in [0.15, 0.2) is 35.1 Å². The van der Waals surface area contributed by atoms with Crippen LogP contribution in [-0.4, -0.2) is 35.8 Å². The maximum Gasteiger partial charge on any atom is 0.425 e. The summed E-state index contributed by atoms with van der Waals surface area (Å²) in [5.41, 5.74) is 1.25. The van der Waals surface area contributed by atoms with Gasteiger partial charge in [0.1, 0.15) is 16.5 Å². The van der Waals surface area contributed by atoms with Gasteiger partial charge in [0, 0.05) is 18.0 Å². The summed E-state index contributed by atoms with van der Waals surface area (Å²) in [6.07, 6.45) is -2.88. The minimum Gasteiger partial charge on any atom is -0.383 e. The summed E-state index contributed by atoms with van der Waals surface area (Å²) in [5.74, 6) is 0.814. The molecule has 33 heavy (non-hydrogen) atoms. The number of thiophene rings is 1. The van der Waals surface area contributed by atoms with Crippen LogP contribution < -0.4 is 14.8 Å². The van der Waals surface area contributed by atoms with Crippen LogP contribution in [0.2, 0.25) is 0 Å². The van der Waals surface area contributed by atoms with Gasteiger partial charge in [-0.3, -0.25) is 4.57 Å². The van der Waals surface area contributed by atoms with E-state index in [4.69, 9.17) is 4.18 Å². The molecule has 0 aliphatic carbocycles. The Morgan fingerprint density at radius 2 is 1.91 bits per heavy atom. The van der Waals surface area contributed by atoms with Crippen LogP contribution in [0.3, 0.4) is 0 Å². The van der Waals surface area contributed by atoms with Crippen LogP contribution in [0.25, 0.3) is 0 Å². The number of benzene rings is 1. The third-order valence-corrected chi connectivity index (χ3v) is 6.66. The average Bonchev–Trinajstić information content (AvgIpc) is 3.18. The summed E-state index contributed by atoms with van der Waals surface area (Å²) in [6, 6.07) is 7.33. The number of anilines is 1.